The van der Waals surface area contributed by atoms with E-state index < -0.39 is 5.25 Å². The Bertz CT molecular complexity index is 936. The minimum Gasteiger partial charge on any atom is -0.497 e. The van der Waals surface area contributed by atoms with Crippen molar-refractivity contribution in [1.82, 2.24) is 4.90 Å². The predicted octanol–water partition coefficient (Wildman–Crippen LogP) is 3.25. The third-order valence-corrected chi connectivity index (χ3v) is 5.81. The number of ether oxygens (including phenoxy) is 1. The van der Waals surface area contributed by atoms with Gasteiger partial charge in [-0.05, 0) is 42.5 Å². The highest BCUT2D eigenvalue weighted by Gasteiger charge is 2.30. The number of rotatable bonds is 6. The molecule has 2 aromatic carbocycles. The van der Waals surface area contributed by atoms with E-state index in [4.69, 9.17) is 16.3 Å². The molecule has 2 aromatic rings. The molecule has 1 unspecified atom stereocenters. The number of hydrogen-bond donors (Lipinski definition) is 2. The van der Waals surface area contributed by atoms with Gasteiger partial charge in [0.1, 0.15) is 5.75 Å². The second-order valence-electron chi connectivity index (χ2n) is 6.47. The number of likely N-dealkylation sites (N-methyl/N-ethyl adjacent to an activating group) is 1. The van der Waals surface area contributed by atoms with Crippen LogP contribution >= 0.6 is 23.4 Å². The molecule has 3 rings (SSSR count). The molecule has 0 spiro atoms. The fourth-order valence-corrected chi connectivity index (χ4v) is 4.00. The lowest BCUT2D eigenvalue weighted by molar-refractivity contribution is -0.134. The van der Waals surface area contributed by atoms with Crippen LogP contribution in [0.25, 0.3) is 0 Å². The third-order valence-electron chi connectivity index (χ3n) is 4.30. The summed E-state index contributed by atoms with van der Waals surface area (Å²) in [5.74, 6) is -0.191. The summed E-state index contributed by atoms with van der Waals surface area (Å²) in [5, 5.41) is 5.46. The van der Waals surface area contributed by atoms with E-state index in [0.29, 0.717) is 22.1 Å². The van der Waals surface area contributed by atoms with E-state index in [1.165, 1.54) is 23.7 Å². The SMILES string of the molecule is COc1ccc(NC(=O)CN(C)C(=O)CC2Sc3ccc(Cl)cc3NC2=O)cc1. The highest BCUT2D eigenvalue weighted by molar-refractivity contribution is 8.01. The molecule has 1 aliphatic rings. The highest BCUT2D eigenvalue weighted by Crippen LogP contribution is 2.38. The molecule has 0 aliphatic carbocycles. The fourth-order valence-electron chi connectivity index (χ4n) is 2.75. The molecular weight excluding hydrogens is 414 g/mol. The van der Waals surface area contributed by atoms with Crippen molar-refractivity contribution in [2.75, 3.05) is 31.3 Å². The predicted molar refractivity (Wildman–Crippen MR) is 114 cm³/mol. The zero-order chi connectivity index (χ0) is 21.0. The second-order valence-corrected chi connectivity index (χ2v) is 8.15. The maximum absolute atomic E-state index is 12.5. The van der Waals surface area contributed by atoms with E-state index in [9.17, 15) is 14.4 Å². The molecule has 1 aliphatic heterocycles. The van der Waals surface area contributed by atoms with Gasteiger partial charge in [-0.15, -0.1) is 11.8 Å². The average Bonchev–Trinajstić information content (AvgIpc) is 2.69. The van der Waals surface area contributed by atoms with Crippen LogP contribution < -0.4 is 15.4 Å². The fraction of sp³-hybridized carbons (Fsp3) is 0.250. The number of halogens is 1. The zero-order valence-electron chi connectivity index (χ0n) is 15.9. The minimum absolute atomic E-state index is 0.00905. The van der Waals surface area contributed by atoms with Gasteiger partial charge in [-0.3, -0.25) is 14.4 Å². The summed E-state index contributed by atoms with van der Waals surface area (Å²) in [6.07, 6.45) is -0.00905. The van der Waals surface area contributed by atoms with Gasteiger partial charge in [-0.1, -0.05) is 11.6 Å². The van der Waals surface area contributed by atoms with Crippen LogP contribution in [0.5, 0.6) is 5.75 Å². The minimum atomic E-state index is -0.566. The number of methoxy groups -OCH3 is 1. The topological polar surface area (TPSA) is 87.7 Å². The van der Waals surface area contributed by atoms with Gasteiger partial charge in [-0.2, -0.15) is 0 Å². The molecule has 0 aromatic heterocycles. The number of fused-ring (bicyclic) bond motifs is 1. The van der Waals surface area contributed by atoms with Crippen molar-refractivity contribution in [3.05, 3.63) is 47.5 Å². The first kappa shape index (κ1) is 21.0. The lowest BCUT2D eigenvalue weighted by atomic mass is 10.2. The van der Waals surface area contributed by atoms with E-state index in [2.05, 4.69) is 10.6 Å². The Kier molecular flexibility index (Phi) is 6.66. The molecule has 1 heterocycles. The zero-order valence-corrected chi connectivity index (χ0v) is 17.5. The van der Waals surface area contributed by atoms with Crippen molar-refractivity contribution >= 4 is 52.5 Å². The van der Waals surface area contributed by atoms with Gasteiger partial charge in [0, 0.05) is 29.1 Å². The lowest BCUT2D eigenvalue weighted by Crippen LogP contribution is -2.39. The number of anilines is 2. The largest absolute Gasteiger partial charge is 0.497 e. The normalized spacial score (nSPS) is 15.1. The number of carbonyl (C=O) groups excluding carboxylic acids is 3. The lowest BCUT2D eigenvalue weighted by Gasteiger charge is -2.25. The molecular formula is C20H20ClN3O4S. The number of thioether (sulfide) groups is 1. The standard InChI is InChI=1S/C20H20ClN3O4S/c1-24(11-18(25)22-13-4-6-14(28-2)7-5-13)19(26)10-17-20(27)23-15-9-12(21)3-8-16(15)29-17/h3-9,17H,10-11H2,1-2H3,(H,22,25)(H,23,27). The molecule has 7 nitrogen and oxygen atoms in total. The average molecular weight is 434 g/mol. The van der Waals surface area contributed by atoms with Crippen LogP contribution in [0.3, 0.4) is 0 Å². The molecule has 0 radical (unpaired) electrons. The maximum Gasteiger partial charge on any atom is 0.243 e. The van der Waals surface area contributed by atoms with Crippen molar-refractivity contribution in [2.24, 2.45) is 0 Å². The molecule has 2 N–H and O–H groups in total. The second kappa shape index (κ2) is 9.19. The van der Waals surface area contributed by atoms with Crippen LogP contribution in [0.1, 0.15) is 6.42 Å². The molecule has 0 fully saturated rings. The number of nitrogens with zero attached hydrogens (tertiary/aromatic N) is 1. The smallest absolute Gasteiger partial charge is 0.243 e. The molecule has 0 saturated heterocycles. The Labute approximate surface area is 177 Å². The van der Waals surface area contributed by atoms with Crippen LogP contribution in [0.4, 0.5) is 11.4 Å². The first-order valence-corrected chi connectivity index (χ1v) is 10.1. The Balaban J connectivity index is 1.53. The van der Waals surface area contributed by atoms with Crippen molar-refractivity contribution < 1.29 is 19.1 Å². The Morgan fingerprint density at radius 3 is 2.66 bits per heavy atom. The van der Waals surface area contributed by atoms with Gasteiger partial charge in [0.05, 0.1) is 24.6 Å². The summed E-state index contributed by atoms with van der Waals surface area (Å²) in [6.45, 7) is -0.115. The summed E-state index contributed by atoms with van der Waals surface area (Å²) in [4.78, 5) is 39.2. The van der Waals surface area contributed by atoms with Gasteiger partial charge >= 0.3 is 0 Å². The molecule has 0 bridgehead atoms. The number of carbonyl (C=O) groups is 3. The molecule has 29 heavy (non-hydrogen) atoms. The van der Waals surface area contributed by atoms with Crippen LogP contribution in [-0.2, 0) is 14.4 Å². The van der Waals surface area contributed by atoms with E-state index in [1.807, 2.05) is 6.07 Å². The summed E-state index contributed by atoms with van der Waals surface area (Å²) < 4.78 is 5.07. The summed E-state index contributed by atoms with van der Waals surface area (Å²) >= 11 is 7.26. The van der Waals surface area contributed by atoms with Crippen molar-refractivity contribution in [1.29, 1.82) is 0 Å². The molecule has 9 heteroatoms. The van der Waals surface area contributed by atoms with E-state index in [-0.39, 0.29) is 30.7 Å². The molecule has 0 saturated carbocycles. The van der Waals surface area contributed by atoms with Gasteiger partial charge in [0.15, 0.2) is 0 Å². The van der Waals surface area contributed by atoms with Crippen LogP contribution in [0.2, 0.25) is 5.02 Å². The van der Waals surface area contributed by atoms with E-state index in [0.717, 1.165) is 4.90 Å². The van der Waals surface area contributed by atoms with Gasteiger partial charge < -0.3 is 20.3 Å². The summed E-state index contributed by atoms with van der Waals surface area (Å²) in [7, 11) is 3.10. The number of amides is 3. The first-order chi connectivity index (χ1) is 13.9. The molecule has 3 amide bonds. The summed E-state index contributed by atoms with van der Waals surface area (Å²) in [6, 6.07) is 12.1. The van der Waals surface area contributed by atoms with Crippen LogP contribution in [-0.4, -0.2) is 48.6 Å². The molecule has 1 atom stereocenters. The van der Waals surface area contributed by atoms with Gasteiger partial charge in [-0.25, -0.2) is 0 Å². The summed E-state index contributed by atoms with van der Waals surface area (Å²) in [5.41, 5.74) is 1.25. The number of hydrogen-bond acceptors (Lipinski definition) is 5. The maximum atomic E-state index is 12.5. The molecule has 152 valence electrons. The van der Waals surface area contributed by atoms with E-state index >= 15 is 0 Å². The van der Waals surface area contributed by atoms with Crippen molar-refractivity contribution in [2.45, 2.75) is 16.6 Å². The highest BCUT2D eigenvalue weighted by atomic mass is 35.5. The van der Waals surface area contributed by atoms with Gasteiger partial charge in [0.25, 0.3) is 0 Å². The Morgan fingerprint density at radius 1 is 1.24 bits per heavy atom. The Morgan fingerprint density at radius 2 is 1.97 bits per heavy atom. The van der Waals surface area contributed by atoms with Gasteiger partial charge in [0.2, 0.25) is 17.7 Å². The number of nitrogens with one attached hydrogen (secondary N) is 2. The number of benzene rings is 2. The van der Waals surface area contributed by atoms with Crippen molar-refractivity contribution in [3.8, 4) is 5.75 Å². The van der Waals surface area contributed by atoms with Crippen molar-refractivity contribution in [3.63, 3.8) is 0 Å². The van der Waals surface area contributed by atoms with Crippen LogP contribution in [0, 0.1) is 0 Å². The quantitative estimate of drug-likeness (QED) is 0.730. The van der Waals surface area contributed by atoms with Crippen LogP contribution in [0.15, 0.2) is 47.4 Å². The first-order valence-electron chi connectivity index (χ1n) is 8.80. The Hall–Kier alpha value is -2.71. The van der Waals surface area contributed by atoms with E-state index in [1.54, 1.807) is 43.5 Å². The third kappa shape index (κ3) is 5.42. The monoisotopic (exact) mass is 433 g/mol.